The highest BCUT2D eigenvalue weighted by Crippen LogP contribution is 2.31. The van der Waals surface area contributed by atoms with Gasteiger partial charge in [-0.1, -0.05) is 36.6 Å². The molecular formula is C24H28ClN3O4. The molecule has 2 heterocycles. The van der Waals surface area contributed by atoms with Crippen LogP contribution in [0.2, 0.25) is 5.02 Å². The van der Waals surface area contributed by atoms with Crippen molar-refractivity contribution in [1.29, 1.82) is 0 Å². The SMILES string of the molecule is CCOC(=O)C1=C(CN(Cc2ccco2)C2CCCC2)NC(=O)N[C@@H]1c1ccc(Cl)cc1. The first-order chi connectivity index (χ1) is 15.5. The molecule has 2 amide bonds. The molecule has 1 saturated carbocycles. The van der Waals surface area contributed by atoms with Crippen LogP contribution in [0.25, 0.3) is 0 Å². The predicted octanol–water partition coefficient (Wildman–Crippen LogP) is 4.55. The summed E-state index contributed by atoms with van der Waals surface area (Å²) in [6.45, 7) is 3.03. The average Bonchev–Trinajstić information content (AvgIpc) is 3.48. The number of furan rings is 1. The van der Waals surface area contributed by atoms with Gasteiger partial charge in [-0.2, -0.15) is 0 Å². The van der Waals surface area contributed by atoms with Crippen LogP contribution in [0.5, 0.6) is 0 Å². The second kappa shape index (κ2) is 10.2. The molecule has 1 fully saturated rings. The monoisotopic (exact) mass is 457 g/mol. The van der Waals surface area contributed by atoms with Gasteiger partial charge in [0.25, 0.3) is 0 Å². The summed E-state index contributed by atoms with van der Waals surface area (Å²) in [6.07, 6.45) is 6.16. The van der Waals surface area contributed by atoms with Gasteiger partial charge in [0.2, 0.25) is 0 Å². The normalized spacial score (nSPS) is 19.2. The highest BCUT2D eigenvalue weighted by molar-refractivity contribution is 6.30. The molecule has 1 aromatic carbocycles. The van der Waals surface area contributed by atoms with Crippen molar-refractivity contribution < 1.29 is 18.7 Å². The molecule has 4 rings (SSSR count). The Morgan fingerprint density at radius 2 is 1.94 bits per heavy atom. The van der Waals surface area contributed by atoms with Crippen molar-refractivity contribution in [3.05, 3.63) is 70.3 Å². The number of carbonyl (C=O) groups excluding carboxylic acids is 2. The molecule has 0 radical (unpaired) electrons. The van der Waals surface area contributed by atoms with E-state index in [4.69, 9.17) is 20.8 Å². The van der Waals surface area contributed by atoms with E-state index in [9.17, 15) is 9.59 Å². The van der Waals surface area contributed by atoms with E-state index >= 15 is 0 Å². The summed E-state index contributed by atoms with van der Waals surface area (Å²) in [4.78, 5) is 27.9. The van der Waals surface area contributed by atoms with Gasteiger partial charge in [0, 0.05) is 23.3 Å². The number of esters is 1. The molecule has 2 N–H and O–H groups in total. The van der Waals surface area contributed by atoms with E-state index in [1.165, 1.54) is 12.8 Å². The average molecular weight is 458 g/mol. The Morgan fingerprint density at radius 3 is 2.59 bits per heavy atom. The van der Waals surface area contributed by atoms with Crippen molar-refractivity contribution in [2.75, 3.05) is 13.2 Å². The molecule has 2 aliphatic rings. The van der Waals surface area contributed by atoms with Crippen molar-refractivity contribution in [3.8, 4) is 0 Å². The Morgan fingerprint density at radius 1 is 1.19 bits per heavy atom. The zero-order chi connectivity index (χ0) is 22.5. The van der Waals surface area contributed by atoms with Gasteiger partial charge in [-0.25, -0.2) is 9.59 Å². The Labute approximate surface area is 192 Å². The zero-order valence-corrected chi connectivity index (χ0v) is 18.9. The van der Waals surface area contributed by atoms with Gasteiger partial charge in [-0.15, -0.1) is 0 Å². The molecule has 32 heavy (non-hydrogen) atoms. The Kier molecular flexibility index (Phi) is 7.17. The summed E-state index contributed by atoms with van der Waals surface area (Å²) in [5.74, 6) is 0.406. The molecule has 0 spiro atoms. The standard InChI is InChI=1S/C24H28ClN3O4/c1-2-31-23(29)21-20(26-24(30)27-22(21)16-9-11-17(25)12-10-16)15-28(18-6-3-4-7-18)14-19-8-5-13-32-19/h5,8-13,18,22H,2-4,6-7,14-15H2,1H3,(H2,26,27,30)/t22-/m1/s1. The lowest BCUT2D eigenvalue weighted by Crippen LogP contribution is -2.49. The zero-order valence-electron chi connectivity index (χ0n) is 18.1. The number of nitrogens with zero attached hydrogens (tertiary/aromatic N) is 1. The van der Waals surface area contributed by atoms with Gasteiger partial charge in [-0.05, 0) is 49.6 Å². The van der Waals surface area contributed by atoms with Crippen molar-refractivity contribution >= 4 is 23.6 Å². The molecule has 1 aliphatic heterocycles. The number of nitrogens with one attached hydrogen (secondary N) is 2. The Balaban J connectivity index is 1.71. The summed E-state index contributed by atoms with van der Waals surface area (Å²) >= 11 is 6.05. The lowest BCUT2D eigenvalue weighted by atomic mass is 9.94. The van der Waals surface area contributed by atoms with Gasteiger partial charge in [0.1, 0.15) is 5.76 Å². The molecule has 0 saturated heterocycles. The van der Waals surface area contributed by atoms with Gasteiger partial charge in [0.15, 0.2) is 0 Å². The van der Waals surface area contributed by atoms with E-state index in [2.05, 4.69) is 15.5 Å². The largest absolute Gasteiger partial charge is 0.468 e. The van der Waals surface area contributed by atoms with Crippen LogP contribution >= 0.6 is 11.6 Å². The third-order valence-corrected chi connectivity index (χ3v) is 6.25. The fraction of sp³-hybridized carbons (Fsp3) is 0.417. The van der Waals surface area contributed by atoms with Gasteiger partial charge >= 0.3 is 12.0 Å². The molecule has 0 unspecified atom stereocenters. The van der Waals surface area contributed by atoms with Crippen molar-refractivity contribution in [2.45, 2.75) is 51.2 Å². The van der Waals surface area contributed by atoms with Gasteiger partial charge in [0.05, 0.1) is 31.0 Å². The minimum atomic E-state index is -0.621. The van der Waals surface area contributed by atoms with Crippen molar-refractivity contribution in [3.63, 3.8) is 0 Å². The van der Waals surface area contributed by atoms with Crippen LogP contribution in [-0.4, -0.2) is 36.1 Å². The smallest absolute Gasteiger partial charge is 0.338 e. The maximum Gasteiger partial charge on any atom is 0.338 e. The number of halogens is 1. The molecular weight excluding hydrogens is 430 g/mol. The van der Waals surface area contributed by atoms with Gasteiger partial charge in [-0.3, -0.25) is 4.90 Å². The summed E-state index contributed by atoms with van der Waals surface area (Å²) in [5.41, 5.74) is 1.74. The number of amides is 2. The van der Waals surface area contributed by atoms with Crippen LogP contribution in [0, 0.1) is 0 Å². The van der Waals surface area contributed by atoms with Crippen LogP contribution in [0.15, 0.2) is 58.3 Å². The van der Waals surface area contributed by atoms with Gasteiger partial charge < -0.3 is 19.8 Å². The Hall–Kier alpha value is -2.77. The first kappa shape index (κ1) is 22.4. The topological polar surface area (TPSA) is 83.8 Å². The number of benzene rings is 1. The van der Waals surface area contributed by atoms with E-state index in [1.54, 1.807) is 25.3 Å². The molecule has 170 valence electrons. The minimum absolute atomic E-state index is 0.246. The first-order valence-electron chi connectivity index (χ1n) is 11.0. The molecule has 1 aliphatic carbocycles. The molecule has 8 heteroatoms. The summed E-state index contributed by atoms with van der Waals surface area (Å²) < 4.78 is 11.0. The fourth-order valence-electron chi connectivity index (χ4n) is 4.49. The van der Waals surface area contributed by atoms with Crippen LogP contribution in [0.3, 0.4) is 0 Å². The fourth-order valence-corrected chi connectivity index (χ4v) is 4.61. The number of urea groups is 1. The molecule has 7 nitrogen and oxygen atoms in total. The first-order valence-corrected chi connectivity index (χ1v) is 11.4. The highest BCUT2D eigenvalue weighted by Gasteiger charge is 2.35. The van der Waals surface area contributed by atoms with E-state index in [0.29, 0.717) is 35.4 Å². The molecule has 1 atom stereocenters. The molecule has 2 aromatic rings. The van der Waals surface area contributed by atoms with Crippen LogP contribution < -0.4 is 10.6 Å². The van der Waals surface area contributed by atoms with Crippen LogP contribution in [0.1, 0.15) is 50.0 Å². The minimum Gasteiger partial charge on any atom is -0.468 e. The summed E-state index contributed by atoms with van der Waals surface area (Å²) in [7, 11) is 0. The molecule has 1 aromatic heterocycles. The second-order valence-corrected chi connectivity index (χ2v) is 8.55. The third kappa shape index (κ3) is 5.16. The lowest BCUT2D eigenvalue weighted by Gasteiger charge is -2.34. The molecule has 0 bridgehead atoms. The highest BCUT2D eigenvalue weighted by atomic mass is 35.5. The van der Waals surface area contributed by atoms with Crippen LogP contribution in [0.4, 0.5) is 4.79 Å². The maximum absolute atomic E-state index is 13.1. The number of hydrogen-bond acceptors (Lipinski definition) is 5. The second-order valence-electron chi connectivity index (χ2n) is 8.12. The Bertz CT molecular complexity index is 966. The quantitative estimate of drug-likeness (QED) is 0.568. The third-order valence-electron chi connectivity index (χ3n) is 5.99. The van der Waals surface area contributed by atoms with Crippen molar-refractivity contribution in [2.24, 2.45) is 0 Å². The predicted molar refractivity (Wildman–Crippen MR) is 121 cm³/mol. The summed E-state index contributed by atoms with van der Waals surface area (Å²) in [6, 6.07) is 10.3. The maximum atomic E-state index is 13.1. The van der Waals surface area contributed by atoms with E-state index in [0.717, 1.165) is 24.2 Å². The number of ether oxygens (including phenoxy) is 1. The number of rotatable bonds is 8. The van der Waals surface area contributed by atoms with E-state index in [1.807, 2.05) is 24.3 Å². The van der Waals surface area contributed by atoms with E-state index in [-0.39, 0.29) is 12.6 Å². The lowest BCUT2D eigenvalue weighted by molar-refractivity contribution is -0.139. The van der Waals surface area contributed by atoms with Crippen molar-refractivity contribution in [1.82, 2.24) is 15.5 Å². The van der Waals surface area contributed by atoms with Crippen LogP contribution in [-0.2, 0) is 16.1 Å². The number of hydrogen-bond donors (Lipinski definition) is 2. The van der Waals surface area contributed by atoms with E-state index < -0.39 is 12.0 Å². The number of carbonyl (C=O) groups is 2. The summed E-state index contributed by atoms with van der Waals surface area (Å²) in [5, 5.41) is 6.34.